The number of rotatable bonds is 5. The van der Waals surface area contributed by atoms with E-state index in [1.807, 2.05) is 19.1 Å². The largest absolute Gasteiger partial charge is 0.491 e. The van der Waals surface area contributed by atoms with Crippen molar-refractivity contribution in [2.24, 2.45) is 17.8 Å². The molecule has 2 aliphatic carbocycles. The summed E-state index contributed by atoms with van der Waals surface area (Å²) in [6.45, 7) is 2.61. The Morgan fingerprint density at radius 3 is 2.95 bits per heavy atom. The number of fused-ring (bicyclic) bond motifs is 2. The highest BCUT2D eigenvalue weighted by Crippen LogP contribution is 2.48. The number of pyridine rings is 1. The van der Waals surface area contributed by atoms with E-state index in [0.717, 1.165) is 30.2 Å². The smallest absolute Gasteiger partial charge is 0.328 e. The van der Waals surface area contributed by atoms with Gasteiger partial charge in [-0.3, -0.25) is 0 Å². The quantitative estimate of drug-likeness (QED) is 0.844. The van der Waals surface area contributed by atoms with Crippen LogP contribution in [0.1, 0.15) is 37.1 Å². The van der Waals surface area contributed by atoms with Crippen molar-refractivity contribution < 1.29 is 14.6 Å². The van der Waals surface area contributed by atoms with Crippen LogP contribution in [0.25, 0.3) is 6.08 Å². The predicted molar refractivity (Wildman–Crippen MR) is 80.1 cm³/mol. The number of ether oxygens (including phenoxy) is 1. The van der Waals surface area contributed by atoms with Gasteiger partial charge in [-0.05, 0) is 62.1 Å². The summed E-state index contributed by atoms with van der Waals surface area (Å²) >= 11 is 0. The zero-order valence-electron chi connectivity index (χ0n) is 12.3. The van der Waals surface area contributed by atoms with E-state index in [1.54, 1.807) is 0 Å². The molecule has 0 spiro atoms. The topological polar surface area (TPSA) is 59.4 Å². The Balaban J connectivity index is 1.68. The number of hydrogen-bond acceptors (Lipinski definition) is 3. The maximum Gasteiger partial charge on any atom is 0.328 e. The molecule has 3 rings (SSSR count). The molecule has 4 nitrogen and oxygen atoms in total. The van der Waals surface area contributed by atoms with Gasteiger partial charge in [0.15, 0.2) is 0 Å². The van der Waals surface area contributed by atoms with Crippen molar-refractivity contribution in [2.45, 2.75) is 32.6 Å². The van der Waals surface area contributed by atoms with Crippen molar-refractivity contribution in [3.8, 4) is 5.75 Å². The summed E-state index contributed by atoms with van der Waals surface area (Å²) in [6, 6.07) is 3.78. The van der Waals surface area contributed by atoms with Crippen LogP contribution in [0.15, 0.2) is 18.2 Å². The minimum absolute atomic E-state index is 0.598. The average Bonchev–Trinajstić information content (AvgIpc) is 3.06. The van der Waals surface area contributed by atoms with Gasteiger partial charge in [-0.1, -0.05) is 6.42 Å². The van der Waals surface area contributed by atoms with Gasteiger partial charge in [0.25, 0.3) is 0 Å². The Morgan fingerprint density at radius 2 is 2.29 bits per heavy atom. The van der Waals surface area contributed by atoms with Gasteiger partial charge >= 0.3 is 5.97 Å². The van der Waals surface area contributed by atoms with Crippen LogP contribution in [0.5, 0.6) is 5.75 Å². The third-order valence-corrected chi connectivity index (χ3v) is 4.75. The number of carbonyl (C=O) groups is 1. The number of nitrogens with zero attached hydrogens (tertiary/aromatic N) is 1. The van der Waals surface area contributed by atoms with Crippen LogP contribution in [0.3, 0.4) is 0 Å². The van der Waals surface area contributed by atoms with E-state index < -0.39 is 5.97 Å². The number of carboxylic acid groups (broad SMARTS) is 1. The molecule has 0 amide bonds. The molecule has 2 aliphatic rings. The Hall–Kier alpha value is -1.84. The summed E-state index contributed by atoms with van der Waals surface area (Å²) < 4.78 is 5.95. The molecule has 0 saturated heterocycles. The lowest BCUT2D eigenvalue weighted by Crippen LogP contribution is -2.18. The highest BCUT2D eigenvalue weighted by molar-refractivity contribution is 5.85. The van der Waals surface area contributed by atoms with Gasteiger partial charge in [0.05, 0.1) is 6.61 Å². The minimum Gasteiger partial charge on any atom is -0.491 e. The summed E-state index contributed by atoms with van der Waals surface area (Å²) in [5.74, 6) is 2.09. The summed E-state index contributed by atoms with van der Waals surface area (Å²) in [6.07, 6.45) is 7.99. The van der Waals surface area contributed by atoms with E-state index in [1.165, 1.54) is 31.8 Å². The van der Waals surface area contributed by atoms with E-state index in [4.69, 9.17) is 9.84 Å². The molecule has 2 bridgehead atoms. The molecule has 2 saturated carbocycles. The number of hydrogen-bond donors (Lipinski definition) is 1. The van der Waals surface area contributed by atoms with E-state index in [9.17, 15) is 4.79 Å². The molecular weight excluding hydrogens is 266 g/mol. The fraction of sp³-hybridized carbons (Fsp3) is 0.529. The first-order valence-electron chi connectivity index (χ1n) is 7.63. The lowest BCUT2D eigenvalue weighted by Gasteiger charge is -2.22. The van der Waals surface area contributed by atoms with Gasteiger partial charge in [0, 0.05) is 11.8 Å². The number of carboxylic acids is 1. The van der Waals surface area contributed by atoms with E-state index in [-0.39, 0.29) is 0 Å². The standard InChI is InChI=1S/C17H21NO3/c1-11-2-6-16(15(18-11)5-7-17(19)20)21-10-14-9-12-3-4-13(14)8-12/h2,5-7,12-14H,3-4,8-10H2,1H3,(H,19,20). The highest BCUT2D eigenvalue weighted by atomic mass is 16.5. The van der Waals surface area contributed by atoms with Crippen molar-refractivity contribution in [3.05, 3.63) is 29.6 Å². The lowest BCUT2D eigenvalue weighted by atomic mass is 9.89. The SMILES string of the molecule is Cc1ccc(OCC2CC3CCC2C3)c(C=CC(=O)O)n1. The van der Waals surface area contributed by atoms with Crippen LogP contribution < -0.4 is 4.74 Å². The monoisotopic (exact) mass is 287 g/mol. The second kappa shape index (κ2) is 5.88. The Morgan fingerprint density at radius 1 is 1.43 bits per heavy atom. The second-order valence-corrected chi connectivity index (χ2v) is 6.25. The Kier molecular flexibility index (Phi) is 3.95. The van der Waals surface area contributed by atoms with Gasteiger partial charge in [-0.2, -0.15) is 0 Å². The minimum atomic E-state index is -0.975. The second-order valence-electron chi connectivity index (χ2n) is 6.25. The number of aryl methyl sites for hydroxylation is 1. The van der Waals surface area contributed by atoms with Crippen LogP contribution in [-0.2, 0) is 4.79 Å². The molecular formula is C17H21NO3. The third kappa shape index (κ3) is 3.26. The van der Waals surface area contributed by atoms with Gasteiger partial charge < -0.3 is 9.84 Å². The van der Waals surface area contributed by atoms with Crippen LogP contribution >= 0.6 is 0 Å². The van der Waals surface area contributed by atoms with Crippen molar-refractivity contribution in [3.63, 3.8) is 0 Å². The third-order valence-electron chi connectivity index (χ3n) is 4.75. The predicted octanol–water partition coefficient (Wildman–Crippen LogP) is 3.30. The summed E-state index contributed by atoms with van der Waals surface area (Å²) in [4.78, 5) is 15.0. The molecule has 0 aliphatic heterocycles. The van der Waals surface area contributed by atoms with Gasteiger partial charge in [-0.15, -0.1) is 0 Å². The first-order chi connectivity index (χ1) is 10.1. The van der Waals surface area contributed by atoms with Gasteiger partial charge in [-0.25, -0.2) is 9.78 Å². The first kappa shape index (κ1) is 14.1. The molecule has 0 aromatic carbocycles. The van der Waals surface area contributed by atoms with E-state index in [2.05, 4.69) is 4.98 Å². The highest BCUT2D eigenvalue weighted by Gasteiger charge is 2.39. The zero-order chi connectivity index (χ0) is 14.8. The molecule has 112 valence electrons. The maximum absolute atomic E-state index is 10.7. The Bertz CT molecular complexity index is 567. The van der Waals surface area contributed by atoms with Crippen LogP contribution in [0.2, 0.25) is 0 Å². The molecule has 3 unspecified atom stereocenters. The summed E-state index contributed by atoms with van der Waals surface area (Å²) in [7, 11) is 0. The van der Waals surface area contributed by atoms with Crippen molar-refractivity contribution in [1.29, 1.82) is 0 Å². The van der Waals surface area contributed by atoms with Crippen LogP contribution in [0, 0.1) is 24.7 Å². The summed E-state index contributed by atoms with van der Waals surface area (Å²) in [5, 5.41) is 8.75. The molecule has 1 aromatic rings. The first-order valence-corrected chi connectivity index (χ1v) is 7.63. The average molecular weight is 287 g/mol. The van der Waals surface area contributed by atoms with E-state index >= 15 is 0 Å². The lowest BCUT2D eigenvalue weighted by molar-refractivity contribution is -0.131. The molecule has 4 heteroatoms. The maximum atomic E-state index is 10.7. The molecule has 2 fully saturated rings. The van der Waals surface area contributed by atoms with Crippen LogP contribution in [-0.4, -0.2) is 22.7 Å². The number of aromatic nitrogens is 1. The molecule has 1 N–H and O–H groups in total. The normalized spacial score (nSPS) is 27.4. The fourth-order valence-electron chi connectivity index (χ4n) is 3.73. The van der Waals surface area contributed by atoms with Crippen molar-refractivity contribution >= 4 is 12.0 Å². The van der Waals surface area contributed by atoms with Crippen LogP contribution in [0.4, 0.5) is 0 Å². The number of aliphatic carboxylic acids is 1. The molecule has 1 heterocycles. The van der Waals surface area contributed by atoms with E-state index in [0.29, 0.717) is 17.4 Å². The zero-order valence-corrected chi connectivity index (χ0v) is 12.3. The Labute approximate surface area is 124 Å². The van der Waals surface area contributed by atoms with Gasteiger partial charge in [0.1, 0.15) is 11.4 Å². The molecule has 0 radical (unpaired) electrons. The van der Waals surface area contributed by atoms with Crippen molar-refractivity contribution in [2.75, 3.05) is 6.61 Å². The molecule has 21 heavy (non-hydrogen) atoms. The fourth-order valence-corrected chi connectivity index (χ4v) is 3.73. The van der Waals surface area contributed by atoms with Crippen molar-refractivity contribution in [1.82, 2.24) is 4.98 Å². The summed E-state index contributed by atoms with van der Waals surface area (Å²) in [5.41, 5.74) is 1.45. The van der Waals surface area contributed by atoms with Gasteiger partial charge in [0.2, 0.25) is 0 Å². The molecule has 3 atom stereocenters. The molecule has 1 aromatic heterocycles.